The summed E-state index contributed by atoms with van der Waals surface area (Å²) in [5, 5.41) is 0.752. The standard InChI is InChI=1S/C15H15N3O3/c19-10-17-5-7-18(8-6-17)15(21)14(20)12-9-16-13-4-2-1-3-11(12)13/h1-4,9-10,16H,5-8H2. The Hall–Kier alpha value is -2.63. The van der Waals surface area contributed by atoms with Crippen LogP contribution in [0.2, 0.25) is 0 Å². The molecule has 0 atom stereocenters. The third-order valence-corrected chi connectivity index (χ3v) is 3.78. The monoisotopic (exact) mass is 285 g/mol. The molecule has 0 unspecified atom stereocenters. The number of H-pyrrole nitrogens is 1. The third-order valence-electron chi connectivity index (χ3n) is 3.78. The molecule has 0 radical (unpaired) electrons. The first-order valence-corrected chi connectivity index (χ1v) is 6.80. The van der Waals surface area contributed by atoms with Crippen LogP contribution in [0.15, 0.2) is 30.5 Å². The maximum atomic E-state index is 12.4. The van der Waals surface area contributed by atoms with Gasteiger partial charge in [-0.05, 0) is 6.07 Å². The third kappa shape index (κ3) is 2.40. The predicted molar refractivity (Wildman–Crippen MR) is 76.8 cm³/mol. The zero-order valence-corrected chi connectivity index (χ0v) is 11.4. The topological polar surface area (TPSA) is 73.5 Å². The van der Waals surface area contributed by atoms with Gasteiger partial charge in [0.25, 0.3) is 11.7 Å². The molecule has 0 bridgehead atoms. The van der Waals surface area contributed by atoms with Gasteiger partial charge in [-0.2, -0.15) is 0 Å². The highest BCUT2D eigenvalue weighted by molar-refractivity contribution is 6.44. The van der Waals surface area contributed by atoms with Crippen molar-refractivity contribution in [2.45, 2.75) is 0 Å². The summed E-state index contributed by atoms with van der Waals surface area (Å²) in [4.78, 5) is 41.4. The Morgan fingerprint density at radius 1 is 1.10 bits per heavy atom. The number of hydrogen-bond donors (Lipinski definition) is 1. The Kier molecular flexibility index (Phi) is 3.43. The summed E-state index contributed by atoms with van der Waals surface area (Å²) in [5.74, 6) is -1.02. The summed E-state index contributed by atoms with van der Waals surface area (Å²) >= 11 is 0. The lowest BCUT2D eigenvalue weighted by molar-refractivity contribution is -0.131. The molecule has 3 rings (SSSR count). The number of Topliss-reactive ketones (excluding diaryl/α,β-unsaturated/α-hetero) is 1. The summed E-state index contributed by atoms with van der Waals surface area (Å²) in [6.45, 7) is 1.73. The Balaban J connectivity index is 1.79. The summed E-state index contributed by atoms with van der Waals surface area (Å²) in [7, 11) is 0. The molecule has 1 aromatic carbocycles. The molecule has 0 spiro atoms. The van der Waals surface area contributed by atoms with Crippen molar-refractivity contribution in [2.24, 2.45) is 0 Å². The number of nitrogens with zero attached hydrogens (tertiary/aromatic N) is 2. The second kappa shape index (κ2) is 5.40. The average molecular weight is 285 g/mol. The van der Waals surface area contributed by atoms with Crippen LogP contribution in [0.1, 0.15) is 10.4 Å². The first-order chi connectivity index (χ1) is 10.2. The molecule has 2 heterocycles. The number of rotatable bonds is 3. The van der Waals surface area contributed by atoms with E-state index in [4.69, 9.17) is 0 Å². The number of amides is 2. The minimum atomic E-state index is -0.509. The van der Waals surface area contributed by atoms with E-state index in [2.05, 4.69) is 4.98 Å². The number of carbonyl (C=O) groups excluding carboxylic acids is 3. The van der Waals surface area contributed by atoms with Gasteiger partial charge in [0.2, 0.25) is 6.41 Å². The van der Waals surface area contributed by atoms with Crippen molar-refractivity contribution in [3.8, 4) is 0 Å². The number of piperazine rings is 1. The molecule has 21 heavy (non-hydrogen) atoms. The number of ketones is 1. The maximum absolute atomic E-state index is 12.4. The van der Waals surface area contributed by atoms with Crippen LogP contribution in [0.5, 0.6) is 0 Å². The van der Waals surface area contributed by atoms with Crippen LogP contribution in [0.4, 0.5) is 0 Å². The van der Waals surface area contributed by atoms with Crippen LogP contribution in [-0.4, -0.2) is 59.1 Å². The fourth-order valence-corrected chi connectivity index (χ4v) is 2.55. The Bertz CT molecular complexity index is 699. The summed E-state index contributed by atoms with van der Waals surface area (Å²) in [5.41, 5.74) is 1.23. The van der Waals surface area contributed by atoms with Crippen molar-refractivity contribution in [2.75, 3.05) is 26.2 Å². The van der Waals surface area contributed by atoms with Crippen LogP contribution in [0, 0.1) is 0 Å². The van der Waals surface area contributed by atoms with Gasteiger partial charge in [0.15, 0.2) is 0 Å². The lowest BCUT2D eigenvalue weighted by atomic mass is 10.1. The summed E-state index contributed by atoms with van der Waals surface area (Å²) in [6.07, 6.45) is 2.34. The second-order valence-electron chi connectivity index (χ2n) is 5.01. The van der Waals surface area contributed by atoms with E-state index in [9.17, 15) is 14.4 Å². The smallest absolute Gasteiger partial charge is 0.295 e. The van der Waals surface area contributed by atoms with Crippen molar-refractivity contribution >= 4 is 29.0 Å². The Morgan fingerprint density at radius 2 is 1.81 bits per heavy atom. The van der Waals surface area contributed by atoms with E-state index in [0.717, 1.165) is 17.3 Å². The molecule has 0 aliphatic carbocycles. The fourth-order valence-electron chi connectivity index (χ4n) is 2.55. The van der Waals surface area contributed by atoms with Crippen LogP contribution in [0.25, 0.3) is 10.9 Å². The second-order valence-corrected chi connectivity index (χ2v) is 5.01. The number of nitrogens with one attached hydrogen (secondary N) is 1. The summed E-state index contributed by atoms with van der Waals surface area (Å²) in [6, 6.07) is 7.38. The molecule has 1 saturated heterocycles. The molecule has 6 nitrogen and oxygen atoms in total. The van der Waals surface area contributed by atoms with Gasteiger partial charge in [-0.25, -0.2) is 0 Å². The quantitative estimate of drug-likeness (QED) is 0.511. The van der Waals surface area contributed by atoms with Crippen molar-refractivity contribution in [1.29, 1.82) is 0 Å². The minimum absolute atomic E-state index is 0.395. The number of aromatic amines is 1. The Morgan fingerprint density at radius 3 is 2.52 bits per heavy atom. The molecule has 1 aliphatic rings. The molecule has 1 aromatic heterocycles. The molecule has 1 fully saturated rings. The minimum Gasteiger partial charge on any atom is -0.360 e. The van der Waals surface area contributed by atoms with E-state index in [1.165, 1.54) is 4.90 Å². The van der Waals surface area contributed by atoms with Gasteiger partial charge in [-0.15, -0.1) is 0 Å². The molecular weight excluding hydrogens is 270 g/mol. The molecule has 0 saturated carbocycles. The molecule has 1 N–H and O–H groups in total. The van der Waals surface area contributed by atoms with Crippen LogP contribution in [-0.2, 0) is 9.59 Å². The summed E-state index contributed by atoms with van der Waals surface area (Å²) < 4.78 is 0. The highest BCUT2D eigenvalue weighted by Crippen LogP contribution is 2.19. The lowest BCUT2D eigenvalue weighted by Gasteiger charge is -2.31. The van der Waals surface area contributed by atoms with Crippen molar-refractivity contribution in [3.63, 3.8) is 0 Å². The Labute approximate surface area is 121 Å². The van der Waals surface area contributed by atoms with Crippen LogP contribution < -0.4 is 0 Å². The number of benzene rings is 1. The number of hydrogen-bond acceptors (Lipinski definition) is 3. The number of aromatic nitrogens is 1. The number of para-hydroxylation sites is 1. The van der Waals surface area contributed by atoms with Gasteiger partial charge in [-0.1, -0.05) is 18.2 Å². The highest BCUT2D eigenvalue weighted by Gasteiger charge is 2.27. The van der Waals surface area contributed by atoms with Gasteiger partial charge >= 0.3 is 0 Å². The van der Waals surface area contributed by atoms with E-state index in [-0.39, 0.29) is 0 Å². The van der Waals surface area contributed by atoms with Crippen LogP contribution >= 0.6 is 0 Å². The van der Waals surface area contributed by atoms with E-state index in [1.807, 2.05) is 24.3 Å². The van der Waals surface area contributed by atoms with E-state index >= 15 is 0 Å². The number of carbonyl (C=O) groups is 3. The van der Waals surface area contributed by atoms with Gasteiger partial charge in [0, 0.05) is 43.3 Å². The molecule has 2 aromatic rings. The molecule has 2 amide bonds. The highest BCUT2D eigenvalue weighted by atomic mass is 16.2. The van der Waals surface area contributed by atoms with Gasteiger partial charge < -0.3 is 14.8 Å². The zero-order chi connectivity index (χ0) is 14.8. The van der Waals surface area contributed by atoms with Crippen molar-refractivity contribution in [1.82, 2.24) is 14.8 Å². The molecule has 1 aliphatic heterocycles. The van der Waals surface area contributed by atoms with E-state index < -0.39 is 11.7 Å². The van der Waals surface area contributed by atoms with E-state index in [0.29, 0.717) is 31.7 Å². The molecule has 108 valence electrons. The first-order valence-electron chi connectivity index (χ1n) is 6.80. The average Bonchev–Trinajstić information content (AvgIpc) is 2.97. The largest absolute Gasteiger partial charge is 0.360 e. The first kappa shape index (κ1) is 13.4. The molecular formula is C15H15N3O3. The van der Waals surface area contributed by atoms with Gasteiger partial charge in [0.1, 0.15) is 0 Å². The van der Waals surface area contributed by atoms with Crippen molar-refractivity contribution in [3.05, 3.63) is 36.0 Å². The van der Waals surface area contributed by atoms with Crippen molar-refractivity contribution < 1.29 is 14.4 Å². The SMILES string of the molecule is O=CN1CCN(C(=O)C(=O)c2c[nH]c3ccccc23)CC1. The van der Waals surface area contributed by atoms with Gasteiger partial charge in [-0.3, -0.25) is 14.4 Å². The fraction of sp³-hybridized carbons (Fsp3) is 0.267. The van der Waals surface area contributed by atoms with Crippen LogP contribution in [0.3, 0.4) is 0 Å². The number of fused-ring (bicyclic) bond motifs is 1. The van der Waals surface area contributed by atoms with E-state index in [1.54, 1.807) is 11.1 Å². The normalized spacial score (nSPS) is 15.2. The molecule has 6 heteroatoms. The zero-order valence-electron chi connectivity index (χ0n) is 11.4. The maximum Gasteiger partial charge on any atom is 0.295 e. The lowest BCUT2D eigenvalue weighted by Crippen LogP contribution is -2.50. The predicted octanol–water partition coefficient (Wildman–Crippen LogP) is 0.651. The van der Waals surface area contributed by atoms with Gasteiger partial charge in [0.05, 0.1) is 5.56 Å².